The summed E-state index contributed by atoms with van der Waals surface area (Å²) in [6.07, 6.45) is 8.40. The second kappa shape index (κ2) is 7.69. The van der Waals surface area contributed by atoms with E-state index in [4.69, 9.17) is 9.97 Å². The molecule has 0 bridgehead atoms. The van der Waals surface area contributed by atoms with Crippen LogP contribution in [-0.4, -0.2) is 53.0 Å². The molecule has 0 spiro atoms. The Labute approximate surface area is 186 Å². The molecule has 1 saturated heterocycles. The van der Waals surface area contributed by atoms with Crippen LogP contribution in [0.25, 0.3) is 16.8 Å². The number of amides is 1. The minimum absolute atomic E-state index is 0.0484. The van der Waals surface area contributed by atoms with Gasteiger partial charge < -0.3 is 9.47 Å². The Kier molecular flexibility index (Phi) is 4.66. The number of fused-ring (bicyclic) bond motifs is 4. The van der Waals surface area contributed by atoms with Crippen LogP contribution in [0.5, 0.6) is 0 Å². The van der Waals surface area contributed by atoms with E-state index in [9.17, 15) is 4.79 Å². The largest absolute Gasteiger partial charge is 0.338 e. The van der Waals surface area contributed by atoms with Crippen LogP contribution in [-0.2, 0) is 13.0 Å². The van der Waals surface area contributed by atoms with Crippen LogP contribution in [0.2, 0.25) is 0 Å². The van der Waals surface area contributed by atoms with Crippen molar-refractivity contribution in [3.63, 3.8) is 0 Å². The molecule has 1 atom stereocenters. The normalized spacial score (nSPS) is 19.3. The molecule has 4 aromatic heterocycles. The molecule has 0 N–H and O–H groups in total. The van der Waals surface area contributed by atoms with E-state index >= 15 is 0 Å². The molecule has 2 aliphatic heterocycles. The standard InChI is InChI=1S/C24H27N7O/c1-16-14-18(21-23(25-16)30-12-5-2-3-9-19(30)26-21)24(32)29-11-7-8-17(15-29)22-28-27-20-10-4-6-13-31(20)22/h4,6,10,13-14,17H,2-3,5,7-9,11-12,15H2,1H3/t17-/m1/s1. The van der Waals surface area contributed by atoms with Crippen LogP contribution in [0.4, 0.5) is 0 Å². The van der Waals surface area contributed by atoms with E-state index in [0.29, 0.717) is 12.1 Å². The van der Waals surface area contributed by atoms with Crippen LogP contribution in [0.15, 0.2) is 30.5 Å². The number of nitrogens with zero attached hydrogens (tertiary/aromatic N) is 7. The molecule has 0 saturated carbocycles. The van der Waals surface area contributed by atoms with Gasteiger partial charge in [-0.25, -0.2) is 9.97 Å². The van der Waals surface area contributed by atoms with Crippen LogP contribution in [0, 0.1) is 6.92 Å². The second-order valence-electron chi connectivity index (χ2n) is 9.05. The molecule has 8 nitrogen and oxygen atoms in total. The predicted octanol–water partition coefficient (Wildman–Crippen LogP) is 3.53. The zero-order valence-electron chi connectivity index (χ0n) is 18.4. The molecule has 164 valence electrons. The third kappa shape index (κ3) is 3.16. The highest BCUT2D eigenvalue weighted by Crippen LogP contribution is 2.29. The maximum Gasteiger partial charge on any atom is 0.256 e. The molecule has 0 aromatic carbocycles. The van der Waals surface area contributed by atoms with Crippen molar-refractivity contribution in [3.8, 4) is 0 Å². The van der Waals surface area contributed by atoms with E-state index in [-0.39, 0.29) is 11.8 Å². The molecule has 1 fully saturated rings. The Morgan fingerprint density at radius 3 is 2.94 bits per heavy atom. The van der Waals surface area contributed by atoms with Gasteiger partial charge in [0.25, 0.3) is 5.91 Å². The van der Waals surface area contributed by atoms with Crippen molar-refractivity contribution in [2.45, 2.75) is 57.9 Å². The number of hydrogen-bond acceptors (Lipinski definition) is 5. The van der Waals surface area contributed by atoms with Gasteiger partial charge >= 0.3 is 0 Å². The Morgan fingerprint density at radius 1 is 1.06 bits per heavy atom. The third-order valence-electron chi connectivity index (χ3n) is 6.84. The van der Waals surface area contributed by atoms with Gasteiger partial charge in [-0.1, -0.05) is 12.5 Å². The number of rotatable bonds is 2. The summed E-state index contributed by atoms with van der Waals surface area (Å²) in [6, 6.07) is 7.83. The molecule has 6 heterocycles. The van der Waals surface area contributed by atoms with Crippen molar-refractivity contribution < 1.29 is 4.79 Å². The minimum atomic E-state index is 0.0484. The maximum atomic E-state index is 13.7. The number of carbonyl (C=O) groups excluding carboxylic acids is 1. The first-order valence-electron chi connectivity index (χ1n) is 11.6. The molecule has 4 aromatic rings. The molecular weight excluding hydrogens is 402 g/mol. The highest BCUT2D eigenvalue weighted by molar-refractivity contribution is 6.04. The van der Waals surface area contributed by atoms with Gasteiger partial charge in [0.2, 0.25) is 0 Å². The van der Waals surface area contributed by atoms with Crippen LogP contribution in [0.3, 0.4) is 0 Å². The number of carbonyl (C=O) groups is 1. The van der Waals surface area contributed by atoms with Crippen LogP contribution in [0.1, 0.15) is 65.7 Å². The van der Waals surface area contributed by atoms with Gasteiger partial charge in [-0.3, -0.25) is 9.20 Å². The van der Waals surface area contributed by atoms with Gasteiger partial charge in [0.15, 0.2) is 11.3 Å². The summed E-state index contributed by atoms with van der Waals surface area (Å²) in [4.78, 5) is 25.4. The fourth-order valence-electron chi connectivity index (χ4n) is 5.26. The summed E-state index contributed by atoms with van der Waals surface area (Å²) in [6.45, 7) is 4.29. The lowest BCUT2D eigenvalue weighted by atomic mass is 9.96. The molecule has 1 amide bonds. The van der Waals surface area contributed by atoms with E-state index in [1.807, 2.05) is 46.7 Å². The Morgan fingerprint density at radius 2 is 2.00 bits per heavy atom. The number of imidazole rings is 1. The molecule has 0 aliphatic carbocycles. The maximum absolute atomic E-state index is 13.7. The summed E-state index contributed by atoms with van der Waals surface area (Å²) in [7, 11) is 0. The Bertz CT molecular complexity index is 1320. The first-order chi connectivity index (χ1) is 15.7. The fourth-order valence-corrected chi connectivity index (χ4v) is 5.26. The van der Waals surface area contributed by atoms with E-state index < -0.39 is 0 Å². The van der Waals surface area contributed by atoms with Gasteiger partial charge in [0.1, 0.15) is 17.2 Å². The zero-order chi connectivity index (χ0) is 21.7. The molecule has 0 unspecified atom stereocenters. The summed E-state index contributed by atoms with van der Waals surface area (Å²) in [5, 5.41) is 8.76. The lowest BCUT2D eigenvalue weighted by molar-refractivity contribution is 0.0706. The van der Waals surface area contributed by atoms with E-state index in [0.717, 1.165) is 79.3 Å². The summed E-state index contributed by atoms with van der Waals surface area (Å²) in [5.74, 6) is 2.22. The van der Waals surface area contributed by atoms with E-state index in [1.165, 1.54) is 6.42 Å². The Balaban J connectivity index is 1.35. The molecule has 8 heteroatoms. The number of likely N-dealkylation sites (tertiary alicyclic amines) is 1. The number of pyridine rings is 2. The van der Waals surface area contributed by atoms with Crippen molar-refractivity contribution in [2.24, 2.45) is 0 Å². The molecule has 2 aliphatic rings. The monoisotopic (exact) mass is 429 g/mol. The topological polar surface area (TPSA) is 81.2 Å². The number of aryl methyl sites for hydroxylation is 3. The Hall–Kier alpha value is -3.29. The highest BCUT2D eigenvalue weighted by Gasteiger charge is 2.30. The van der Waals surface area contributed by atoms with E-state index in [1.54, 1.807) is 0 Å². The second-order valence-corrected chi connectivity index (χ2v) is 9.05. The van der Waals surface area contributed by atoms with Crippen molar-refractivity contribution in [3.05, 3.63) is 53.4 Å². The zero-order valence-corrected chi connectivity index (χ0v) is 18.4. The molecule has 0 radical (unpaired) electrons. The SMILES string of the molecule is Cc1cc(C(=O)N2CCC[C@@H](c3nnc4ccccn34)C2)c2nc3n(c2n1)CCCCC3. The minimum Gasteiger partial charge on any atom is -0.338 e. The molecule has 6 rings (SSSR count). The average Bonchev–Trinajstić information content (AvgIpc) is 3.31. The average molecular weight is 430 g/mol. The number of hydrogen-bond donors (Lipinski definition) is 0. The first-order valence-corrected chi connectivity index (χ1v) is 11.6. The molecular formula is C24H27N7O. The quantitative estimate of drug-likeness (QED) is 0.487. The summed E-state index contributed by atoms with van der Waals surface area (Å²) < 4.78 is 4.27. The van der Waals surface area contributed by atoms with Crippen molar-refractivity contribution in [2.75, 3.05) is 13.1 Å². The van der Waals surface area contributed by atoms with Crippen molar-refractivity contribution in [1.82, 2.24) is 34.0 Å². The van der Waals surface area contributed by atoms with Gasteiger partial charge in [0, 0.05) is 43.9 Å². The smallest absolute Gasteiger partial charge is 0.256 e. The van der Waals surface area contributed by atoms with Crippen LogP contribution < -0.4 is 0 Å². The predicted molar refractivity (Wildman–Crippen MR) is 121 cm³/mol. The lowest BCUT2D eigenvalue weighted by Crippen LogP contribution is -2.39. The van der Waals surface area contributed by atoms with E-state index in [2.05, 4.69) is 14.8 Å². The number of aromatic nitrogens is 6. The van der Waals surface area contributed by atoms with Crippen molar-refractivity contribution >= 4 is 22.7 Å². The van der Waals surface area contributed by atoms with Gasteiger partial charge in [-0.15, -0.1) is 10.2 Å². The first kappa shape index (κ1) is 19.4. The third-order valence-corrected chi connectivity index (χ3v) is 6.84. The van der Waals surface area contributed by atoms with Crippen molar-refractivity contribution in [1.29, 1.82) is 0 Å². The molecule has 32 heavy (non-hydrogen) atoms. The van der Waals surface area contributed by atoms with Gasteiger partial charge in [-0.05, 0) is 50.8 Å². The fraction of sp³-hybridized carbons (Fsp3) is 0.458. The van der Waals surface area contributed by atoms with Gasteiger partial charge in [-0.2, -0.15) is 0 Å². The van der Waals surface area contributed by atoms with Gasteiger partial charge in [0.05, 0.1) is 5.56 Å². The summed E-state index contributed by atoms with van der Waals surface area (Å²) >= 11 is 0. The van der Waals surface area contributed by atoms with Crippen LogP contribution >= 0.6 is 0 Å². The highest BCUT2D eigenvalue weighted by atomic mass is 16.2. The summed E-state index contributed by atoms with van der Waals surface area (Å²) in [5.41, 5.74) is 4.01. The number of piperidine rings is 1. The lowest BCUT2D eigenvalue weighted by Gasteiger charge is -2.32.